The summed E-state index contributed by atoms with van der Waals surface area (Å²) < 4.78 is 0. The van der Waals surface area contributed by atoms with Crippen LogP contribution >= 0.6 is 0 Å². The van der Waals surface area contributed by atoms with Gasteiger partial charge in [0.2, 0.25) is 0 Å². The fourth-order valence-electron chi connectivity index (χ4n) is 3.76. The van der Waals surface area contributed by atoms with Crippen molar-refractivity contribution in [2.24, 2.45) is 5.41 Å². The van der Waals surface area contributed by atoms with Gasteiger partial charge in [0.15, 0.2) is 0 Å². The van der Waals surface area contributed by atoms with Crippen LogP contribution in [0.1, 0.15) is 51.1 Å². The van der Waals surface area contributed by atoms with Gasteiger partial charge >= 0.3 is 0 Å². The molecule has 1 aliphatic heterocycles. The van der Waals surface area contributed by atoms with E-state index in [9.17, 15) is 0 Å². The fraction of sp³-hybridized carbons (Fsp3) is 0.667. The van der Waals surface area contributed by atoms with Crippen LogP contribution in [0.15, 0.2) is 30.3 Å². The Labute approximate surface area is 123 Å². The Morgan fingerprint density at radius 2 is 1.80 bits per heavy atom. The van der Waals surface area contributed by atoms with Gasteiger partial charge in [0.05, 0.1) is 0 Å². The smallest absolute Gasteiger partial charge is 0.0449 e. The number of rotatable bonds is 2. The molecule has 2 aliphatic rings. The molecule has 1 aromatic rings. The molecule has 1 saturated heterocycles. The van der Waals surface area contributed by atoms with E-state index in [0.717, 1.165) is 12.6 Å². The van der Waals surface area contributed by atoms with Crippen molar-refractivity contribution in [3.8, 4) is 0 Å². The van der Waals surface area contributed by atoms with E-state index in [2.05, 4.69) is 54.4 Å². The van der Waals surface area contributed by atoms with E-state index in [4.69, 9.17) is 0 Å². The number of benzene rings is 1. The molecular weight excluding hydrogens is 244 g/mol. The average Bonchev–Trinajstić information content (AvgIpc) is 2.48. The van der Waals surface area contributed by atoms with Gasteiger partial charge < -0.3 is 5.32 Å². The molecule has 0 bridgehead atoms. The Bertz CT molecular complexity index is 416. The minimum atomic E-state index is 0.514. The molecule has 0 radical (unpaired) electrons. The summed E-state index contributed by atoms with van der Waals surface area (Å²) in [7, 11) is 0. The standard InChI is InChI=1S/C18H28N2/c1-18(2)10-8-16(9-11-18)20-13-12-19-17(14-20)15-6-4-3-5-7-15/h3-7,16-17,19H,8-14H2,1-2H3. The molecule has 1 aromatic carbocycles. The first-order chi connectivity index (χ1) is 9.64. The first kappa shape index (κ1) is 14.1. The fourth-order valence-corrected chi connectivity index (χ4v) is 3.76. The first-order valence-electron chi connectivity index (χ1n) is 8.16. The number of nitrogens with one attached hydrogen (secondary N) is 1. The van der Waals surface area contributed by atoms with E-state index in [1.54, 1.807) is 0 Å². The summed E-state index contributed by atoms with van der Waals surface area (Å²) >= 11 is 0. The summed E-state index contributed by atoms with van der Waals surface area (Å²) in [5, 5.41) is 3.68. The average molecular weight is 272 g/mol. The third-order valence-electron chi connectivity index (χ3n) is 5.23. The Hall–Kier alpha value is -0.860. The van der Waals surface area contributed by atoms with Crippen LogP contribution in [0.4, 0.5) is 0 Å². The largest absolute Gasteiger partial charge is 0.308 e. The van der Waals surface area contributed by atoms with Gasteiger partial charge in [-0.05, 0) is 36.7 Å². The second-order valence-corrected chi connectivity index (χ2v) is 7.31. The molecule has 20 heavy (non-hydrogen) atoms. The number of piperazine rings is 1. The maximum absolute atomic E-state index is 3.68. The maximum atomic E-state index is 3.68. The summed E-state index contributed by atoms with van der Waals surface area (Å²) in [5.41, 5.74) is 2.01. The zero-order chi connectivity index (χ0) is 14.0. The number of nitrogens with zero attached hydrogens (tertiary/aromatic N) is 1. The van der Waals surface area contributed by atoms with Gasteiger partial charge in [-0.1, -0.05) is 44.2 Å². The molecule has 2 nitrogen and oxygen atoms in total. The van der Waals surface area contributed by atoms with Crippen molar-refractivity contribution >= 4 is 0 Å². The van der Waals surface area contributed by atoms with Crippen molar-refractivity contribution in [1.82, 2.24) is 10.2 Å². The van der Waals surface area contributed by atoms with Crippen molar-refractivity contribution in [3.05, 3.63) is 35.9 Å². The third-order valence-corrected chi connectivity index (χ3v) is 5.23. The predicted octanol–water partition coefficient (Wildman–Crippen LogP) is 3.60. The molecule has 1 saturated carbocycles. The van der Waals surface area contributed by atoms with Crippen molar-refractivity contribution in [1.29, 1.82) is 0 Å². The zero-order valence-corrected chi connectivity index (χ0v) is 12.9. The molecule has 1 aliphatic carbocycles. The second kappa shape index (κ2) is 5.87. The molecule has 2 heteroatoms. The van der Waals surface area contributed by atoms with Gasteiger partial charge in [0.25, 0.3) is 0 Å². The van der Waals surface area contributed by atoms with Crippen LogP contribution in [0.5, 0.6) is 0 Å². The second-order valence-electron chi connectivity index (χ2n) is 7.31. The normalized spacial score (nSPS) is 28.4. The molecule has 0 spiro atoms. The van der Waals surface area contributed by atoms with Gasteiger partial charge in [-0.2, -0.15) is 0 Å². The molecule has 0 amide bonds. The van der Waals surface area contributed by atoms with Crippen LogP contribution in [0.2, 0.25) is 0 Å². The maximum Gasteiger partial charge on any atom is 0.0449 e. The summed E-state index contributed by atoms with van der Waals surface area (Å²) in [6.07, 6.45) is 5.54. The van der Waals surface area contributed by atoms with E-state index < -0.39 is 0 Å². The minimum Gasteiger partial charge on any atom is -0.308 e. The Morgan fingerprint density at radius 3 is 2.50 bits per heavy atom. The highest BCUT2D eigenvalue weighted by atomic mass is 15.2. The van der Waals surface area contributed by atoms with Crippen LogP contribution < -0.4 is 5.32 Å². The summed E-state index contributed by atoms with van der Waals surface area (Å²) in [6, 6.07) is 12.2. The lowest BCUT2D eigenvalue weighted by molar-refractivity contribution is 0.0814. The van der Waals surface area contributed by atoms with Crippen LogP contribution in [-0.2, 0) is 0 Å². The van der Waals surface area contributed by atoms with Gasteiger partial charge in [-0.3, -0.25) is 4.90 Å². The lowest BCUT2D eigenvalue weighted by Gasteiger charge is -2.44. The third kappa shape index (κ3) is 3.24. The quantitative estimate of drug-likeness (QED) is 0.885. The molecule has 1 atom stereocenters. The van der Waals surface area contributed by atoms with E-state index in [1.807, 2.05) is 0 Å². The van der Waals surface area contributed by atoms with Crippen molar-refractivity contribution < 1.29 is 0 Å². The molecule has 1 N–H and O–H groups in total. The topological polar surface area (TPSA) is 15.3 Å². The van der Waals surface area contributed by atoms with Crippen molar-refractivity contribution in [2.75, 3.05) is 19.6 Å². The highest BCUT2D eigenvalue weighted by Gasteiger charge is 2.32. The Balaban J connectivity index is 1.61. The van der Waals surface area contributed by atoms with Crippen LogP contribution in [-0.4, -0.2) is 30.6 Å². The lowest BCUT2D eigenvalue weighted by atomic mass is 9.75. The van der Waals surface area contributed by atoms with E-state index in [0.29, 0.717) is 11.5 Å². The van der Waals surface area contributed by atoms with Crippen LogP contribution in [0.3, 0.4) is 0 Å². The molecule has 2 fully saturated rings. The summed E-state index contributed by atoms with van der Waals surface area (Å²) in [4.78, 5) is 2.74. The van der Waals surface area contributed by atoms with E-state index in [1.165, 1.54) is 44.3 Å². The number of hydrogen-bond donors (Lipinski definition) is 1. The molecule has 110 valence electrons. The highest BCUT2D eigenvalue weighted by Crippen LogP contribution is 2.37. The molecule has 3 rings (SSSR count). The van der Waals surface area contributed by atoms with Crippen LogP contribution in [0.25, 0.3) is 0 Å². The van der Waals surface area contributed by atoms with Gasteiger partial charge in [0.1, 0.15) is 0 Å². The molecule has 0 aromatic heterocycles. The van der Waals surface area contributed by atoms with Crippen LogP contribution in [0, 0.1) is 5.41 Å². The zero-order valence-electron chi connectivity index (χ0n) is 12.9. The SMILES string of the molecule is CC1(C)CCC(N2CCNC(c3ccccc3)C2)CC1. The lowest BCUT2D eigenvalue weighted by Crippen LogP contribution is -2.51. The molecular formula is C18H28N2. The Morgan fingerprint density at radius 1 is 1.10 bits per heavy atom. The monoisotopic (exact) mass is 272 g/mol. The summed E-state index contributed by atoms with van der Waals surface area (Å²) in [5.74, 6) is 0. The van der Waals surface area contributed by atoms with Gasteiger partial charge in [-0.15, -0.1) is 0 Å². The molecule has 1 heterocycles. The highest BCUT2D eigenvalue weighted by molar-refractivity contribution is 5.20. The summed E-state index contributed by atoms with van der Waals surface area (Å²) in [6.45, 7) is 8.37. The van der Waals surface area contributed by atoms with Crippen molar-refractivity contribution in [2.45, 2.75) is 51.6 Å². The number of hydrogen-bond acceptors (Lipinski definition) is 2. The Kier molecular flexibility index (Phi) is 4.13. The minimum absolute atomic E-state index is 0.514. The molecule has 1 unspecified atom stereocenters. The predicted molar refractivity (Wildman–Crippen MR) is 84.8 cm³/mol. The van der Waals surface area contributed by atoms with E-state index >= 15 is 0 Å². The van der Waals surface area contributed by atoms with Crippen molar-refractivity contribution in [3.63, 3.8) is 0 Å². The van der Waals surface area contributed by atoms with Gasteiger partial charge in [0, 0.05) is 31.7 Å². The van der Waals surface area contributed by atoms with E-state index in [-0.39, 0.29) is 0 Å². The first-order valence-corrected chi connectivity index (χ1v) is 8.16. The van der Waals surface area contributed by atoms with Gasteiger partial charge in [-0.25, -0.2) is 0 Å².